The van der Waals surface area contributed by atoms with Crippen molar-refractivity contribution in [1.29, 1.82) is 0 Å². The maximum absolute atomic E-state index is 11.9. The van der Waals surface area contributed by atoms with Crippen molar-refractivity contribution in [3.05, 3.63) is 35.9 Å². The fourth-order valence-electron chi connectivity index (χ4n) is 2.15. The highest BCUT2D eigenvalue weighted by Gasteiger charge is 2.18. The summed E-state index contributed by atoms with van der Waals surface area (Å²) in [5.41, 5.74) is 0.483. The van der Waals surface area contributed by atoms with Gasteiger partial charge in [0.2, 0.25) is 0 Å². The van der Waals surface area contributed by atoms with Gasteiger partial charge in [0.15, 0.2) is 11.9 Å². The zero-order chi connectivity index (χ0) is 15.5. The van der Waals surface area contributed by atoms with Crippen molar-refractivity contribution >= 4 is 11.8 Å². The highest BCUT2D eigenvalue weighted by Crippen LogP contribution is 2.10. The molecule has 3 heteroatoms. The van der Waals surface area contributed by atoms with E-state index in [1.54, 1.807) is 31.2 Å². The van der Waals surface area contributed by atoms with Gasteiger partial charge in [0.25, 0.3) is 0 Å². The van der Waals surface area contributed by atoms with Crippen molar-refractivity contribution in [2.24, 2.45) is 0 Å². The third-order valence-corrected chi connectivity index (χ3v) is 3.52. The Balaban J connectivity index is 2.23. The summed E-state index contributed by atoms with van der Waals surface area (Å²) in [6, 6.07) is 8.77. The van der Waals surface area contributed by atoms with E-state index in [-0.39, 0.29) is 5.78 Å². The van der Waals surface area contributed by atoms with E-state index in [9.17, 15) is 9.59 Å². The van der Waals surface area contributed by atoms with E-state index in [0.29, 0.717) is 12.0 Å². The summed E-state index contributed by atoms with van der Waals surface area (Å²) in [5.74, 6) is -0.422. The third kappa shape index (κ3) is 7.07. The average Bonchev–Trinajstić information content (AvgIpc) is 2.51. The van der Waals surface area contributed by atoms with Crippen LogP contribution in [0.2, 0.25) is 0 Å². The lowest BCUT2D eigenvalue weighted by molar-refractivity contribution is -0.127. The number of esters is 1. The molecule has 1 aromatic rings. The van der Waals surface area contributed by atoms with Crippen LogP contribution >= 0.6 is 0 Å². The average molecular weight is 290 g/mol. The second-order valence-electron chi connectivity index (χ2n) is 5.40. The van der Waals surface area contributed by atoms with Gasteiger partial charge in [-0.1, -0.05) is 57.2 Å². The van der Waals surface area contributed by atoms with Crippen LogP contribution in [0.25, 0.3) is 0 Å². The molecule has 21 heavy (non-hydrogen) atoms. The van der Waals surface area contributed by atoms with Crippen LogP contribution in [0, 0.1) is 0 Å². The molecule has 116 valence electrons. The Bertz CT molecular complexity index is 425. The van der Waals surface area contributed by atoms with Gasteiger partial charge >= 0.3 is 5.97 Å². The summed E-state index contributed by atoms with van der Waals surface area (Å²) >= 11 is 0. The number of carbonyl (C=O) groups is 2. The number of hydrogen-bond donors (Lipinski definition) is 0. The molecule has 0 fully saturated rings. The molecule has 0 unspecified atom stereocenters. The lowest BCUT2D eigenvalue weighted by Crippen LogP contribution is -2.24. The second-order valence-corrected chi connectivity index (χ2v) is 5.40. The highest BCUT2D eigenvalue weighted by atomic mass is 16.5. The Labute approximate surface area is 127 Å². The first-order valence-corrected chi connectivity index (χ1v) is 7.94. The number of rotatable bonds is 10. The zero-order valence-electron chi connectivity index (χ0n) is 13.1. The Morgan fingerprint density at radius 3 is 2.29 bits per heavy atom. The van der Waals surface area contributed by atoms with Gasteiger partial charge in [0.05, 0.1) is 5.56 Å². The highest BCUT2D eigenvalue weighted by molar-refractivity contribution is 5.92. The molecule has 0 aliphatic rings. The molecule has 0 aliphatic heterocycles. The van der Waals surface area contributed by atoms with Crippen LogP contribution in [0.3, 0.4) is 0 Å². The van der Waals surface area contributed by atoms with Crippen LogP contribution in [0.4, 0.5) is 0 Å². The topological polar surface area (TPSA) is 43.4 Å². The Morgan fingerprint density at radius 1 is 1.00 bits per heavy atom. The molecule has 0 N–H and O–H groups in total. The molecular weight excluding hydrogens is 264 g/mol. The molecule has 0 spiro atoms. The normalized spacial score (nSPS) is 11.9. The number of Topliss-reactive ketones (excluding diaryl/α,β-unsaturated/α-hetero) is 1. The standard InChI is InChI=1S/C18H26O3/c1-3-4-5-6-7-11-14-17(19)15(2)21-18(20)16-12-9-8-10-13-16/h8-10,12-13,15H,3-7,11,14H2,1-2H3/t15-/m0/s1. The van der Waals surface area contributed by atoms with Crippen LogP contribution < -0.4 is 0 Å². The van der Waals surface area contributed by atoms with Gasteiger partial charge in [-0.25, -0.2) is 4.79 Å². The van der Waals surface area contributed by atoms with E-state index in [4.69, 9.17) is 4.74 Å². The summed E-state index contributed by atoms with van der Waals surface area (Å²) in [6.07, 6.45) is 6.71. The monoisotopic (exact) mass is 290 g/mol. The molecule has 0 aliphatic carbocycles. The van der Waals surface area contributed by atoms with Gasteiger partial charge in [-0.3, -0.25) is 4.79 Å². The van der Waals surface area contributed by atoms with Gasteiger partial charge in [-0.05, 0) is 25.5 Å². The van der Waals surface area contributed by atoms with E-state index in [1.807, 2.05) is 6.07 Å². The number of hydrogen-bond acceptors (Lipinski definition) is 3. The molecule has 1 aromatic carbocycles. The molecule has 0 amide bonds. The molecule has 0 radical (unpaired) electrons. The maximum atomic E-state index is 11.9. The molecule has 0 heterocycles. The Kier molecular flexibility index (Phi) is 8.41. The number of benzene rings is 1. The van der Waals surface area contributed by atoms with Crippen LogP contribution in [-0.4, -0.2) is 17.9 Å². The van der Waals surface area contributed by atoms with E-state index in [1.165, 1.54) is 25.7 Å². The van der Waals surface area contributed by atoms with Crippen LogP contribution in [0.5, 0.6) is 0 Å². The number of ether oxygens (including phenoxy) is 1. The SMILES string of the molecule is CCCCCCCCC(=O)[C@H](C)OC(=O)c1ccccc1. The Morgan fingerprint density at radius 2 is 1.62 bits per heavy atom. The first kappa shape index (κ1) is 17.4. The quantitative estimate of drug-likeness (QED) is 0.469. The molecule has 1 rings (SSSR count). The summed E-state index contributed by atoms with van der Waals surface area (Å²) in [7, 11) is 0. The van der Waals surface area contributed by atoms with Gasteiger partial charge in [0.1, 0.15) is 0 Å². The summed E-state index contributed by atoms with van der Waals surface area (Å²) in [5, 5.41) is 0. The van der Waals surface area contributed by atoms with E-state index in [2.05, 4.69) is 6.92 Å². The predicted molar refractivity (Wildman–Crippen MR) is 84.3 cm³/mol. The van der Waals surface area contributed by atoms with Crippen LogP contribution in [-0.2, 0) is 9.53 Å². The van der Waals surface area contributed by atoms with E-state index in [0.717, 1.165) is 12.8 Å². The van der Waals surface area contributed by atoms with Crippen molar-refractivity contribution in [2.75, 3.05) is 0 Å². The van der Waals surface area contributed by atoms with Crippen molar-refractivity contribution in [2.45, 2.75) is 64.9 Å². The summed E-state index contributed by atoms with van der Waals surface area (Å²) < 4.78 is 5.21. The molecule has 1 atom stereocenters. The predicted octanol–water partition coefficient (Wildman–Crippen LogP) is 4.55. The molecule has 3 nitrogen and oxygen atoms in total. The van der Waals surface area contributed by atoms with Crippen molar-refractivity contribution in [1.82, 2.24) is 0 Å². The lowest BCUT2D eigenvalue weighted by Gasteiger charge is -2.12. The zero-order valence-corrected chi connectivity index (χ0v) is 13.1. The molecule has 0 bridgehead atoms. The summed E-state index contributed by atoms with van der Waals surface area (Å²) in [6.45, 7) is 3.84. The molecule has 0 saturated carbocycles. The lowest BCUT2D eigenvalue weighted by atomic mass is 10.1. The Hall–Kier alpha value is -1.64. The van der Waals surface area contributed by atoms with E-state index >= 15 is 0 Å². The third-order valence-electron chi connectivity index (χ3n) is 3.52. The number of unbranched alkanes of at least 4 members (excludes halogenated alkanes) is 5. The molecule has 0 aromatic heterocycles. The van der Waals surface area contributed by atoms with Gasteiger partial charge in [-0.15, -0.1) is 0 Å². The van der Waals surface area contributed by atoms with Gasteiger partial charge in [-0.2, -0.15) is 0 Å². The molecule has 0 saturated heterocycles. The first-order chi connectivity index (χ1) is 10.1. The van der Waals surface area contributed by atoms with Crippen molar-refractivity contribution < 1.29 is 14.3 Å². The smallest absolute Gasteiger partial charge is 0.338 e. The van der Waals surface area contributed by atoms with Crippen LogP contribution in [0.1, 0.15) is 69.2 Å². The van der Waals surface area contributed by atoms with Crippen molar-refractivity contribution in [3.8, 4) is 0 Å². The number of carbonyl (C=O) groups excluding carboxylic acids is 2. The fourth-order valence-corrected chi connectivity index (χ4v) is 2.15. The largest absolute Gasteiger partial charge is 0.451 e. The van der Waals surface area contributed by atoms with Gasteiger partial charge < -0.3 is 4.74 Å². The van der Waals surface area contributed by atoms with Crippen molar-refractivity contribution in [3.63, 3.8) is 0 Å². The minimum atomic E-state index is -0.659. The first-order valence-electron chi connectivity index (χ1n) is 7.94. The molecular formula is C18H26O3. The fraction of sp³-hybridized carbons (Fsp3) is 0.556. The van der Waals surface area contributed by atoms with Gasteiger partial charge in [0, 0.05) is 6.42 Å². The summed E-state index contributed by atoms with van der Waals surface area (Å²) in [4.78, 5) is 23.8. The van der Waals surface area contributed by atoms with Crippen LogP contribution in [0.15, 0.2) is 30.3 Å². The second kappa shape index (κ2) is 10.1. The maximum Gasteiger partial charge on any atom is 0.338 e. The number of ketones is 1. The van der Waals surface area contributed by atoms with E-state index < -0.39 is 12.1 Å². The minimum Gasteiger partial charge on any atom is -0.451 e. The minimum absolute atomic E-state index is 0.00905.